The van der Waals surface area contributed by atoms with Crippen LogP contribution in [0, 0.1) is 0 Å². The Morgan fingerprint density at radius 2 is 1.78 bits per heavy atom. The standard InChI is InChI=1S/C38H61N7O3Si/c1-9-11-12-17-38(46,10-2)29-21-28(22-32(23-29)44-18-13-14-31(44)27-47-49(7,8)37(3,4)5)34-25-40-35(39)36(42-34)48-33-24-41-45(26-33)30-15-19-43(6)20-16-30/h21-26,30-31,46H,9-20,27H2,1-8H3,(H2,39,40)/t31?,38-/m0/s1. The van der Waals surface area contributed by atoms with Crippen molar-refractivity contribution in [1.82, 2.24) is 24.6 Å². The van der Waals surface area contributed by atoms with Crippen molar-refractivity contribution in [2.75, 3.05) is 43.9 Å². The lowest BCUT2D eigenvalue weighted by Crippen LogP contribution is -2.44. The number of nitrogens with two attached hydrogens (primary N) is 1. The van der Waals surface area contributed by atoms with E-state index in [9.17, 15) is 5.11 Å². The fourth-order valence-corrected chi connectivity index (χ4v) is 7.84. The normalized spacial score (nSPS) is 19.4. The van der Waals surface area contributed by atoms with Crippen molar-refractivity contribution in [3.63, 3.8) is 0 Å². The Morgan fingerprint density at radius 1 is 1.02 bits per heavy atom. The van der Waals surface area contributed by atoms with Crippen LogP contribution in [0.5, 0.6) is 11.6 Å². The van der Waals surface area contributed by atoms with E-state index in [1.54, 1.807) is 12.4 Å². The van der Waals surface area contributed by atoms with E-state index >= 15 is 0 Å². The Hall–Kier alpha value is -2.99. The number of aromatic nitrogens is 4. The van der Waals surface area contributed by atoms with Gasteiger partial charge in [-0.3, -0.25) is 4.68 Å². The van der Waals surface area contributed by atoms with Crippen LogP contribution in [0.15, 0.2) is 36.8 Å². The second-order valence-corrected chi connectivity index (χ2v) is 20.7. The summed E-state index contributed by atoms with van der Waals surface area (Å²) >= 11 is 0. The Labute approximate surface area is 295 Å². The summed E-state index contributed by atoms with van der Waals surface area (Å²) in [6, 6.07) is 7.07. The highest BCUT2D eigenvalue weighted by molar-refractivity contribution is 6.74. The lowest BCUT2D eigenvalue weighted by Gasteiger charge is -2.38. The Bertz CT molecular complexity index is 1530. The van der Waals surface area contributed by atoms with Gasteiger partial charge >= 0.3 is 0 Å². The number of hydrogen-bond acceptors (Lipinski definition) is 9. The molecule has 49 heavy (non-hydrogen) atoms. The quantitative estimate of drug-likeness (QED) is 0.128. The molecule has 1 unspecified atom stereocenters. The lowest BCUT2D eigenvalue weighted by molar-refractivity contribution is 0.0208. The third kappa shape index (κ3) is 8.85. The lowest BCUT2D eigenvalue weighted by atomic mass is 9.84. The summed E-state index contributed by atoms with van der Waals surface area (Å²) in [5.41, 5.74) is 8.90. The average molecular weight is 692 g/mol. The van der Waals surface area contributed by atoms with E-state index in [1.807, 2.05) is 10.9 Å². The van der Waals surface area contributed by atoms with Crippen LogP contribution in [0.4, 0.5) is 11.5 Å². The minimum absolute atomic E-state index is 0.152. The number of anilines is 2. The van der Waals surface area contributed by atoms with E-state index in [2.05, 4.69) is 92.8 Å². The molecule has 5 rings (SSSR count). The van der Waals surface area contributed by atoms with Crippen molar-refractivity contribution < 1.29 is 14.3 Å². The number of unbranched alkanes of at least 4 members (excludes halogenated alkanes) is 2. The zero-order valence-electron chi connectivity index (χ0n) is 31.3. The van der Waals surface area contributed by atoms with Gasteiger partial charge in [0.25, 0.3) is 5.88 Å². The summed E-state index contributed by atoms with van der Waals surface area (Å²) in [6.07, 6.45) is 14.1. The predicted molar refractivity (Wildman–Crippen MR) is 202 cm³/mol. The van der Waals surface area contributed by atoms with Crippen LogP contribution in [-0.2, 0) is 10.0 Å². The topological polar surface area (TPSA) is 115 Å². The zero-order valence-corrected chi connectivity index (χ0v) is 32.3. The van der Waals surface area contributed by atoms with E-state index < -0.39 is 13.9 Å². The van der Waals surface area contributed by atoms with Gasteiger partial charge in [0.2, 0.25) is 0 Å². The first-order valence-electron chi connectivity index (χ1n) is 18.5. The van der Waals surface area contributed by atoms with Gasteiger partial charge in [0.1, 0.15) is 0 Å². The highest BCUT2D eigenvalue weighted by Gasteiger charge is 2.39. The smallest absolute Gasteiger partial charge is 0.263 e. The average Bonchev–Trinajstić information content (AvgIpc) is 3.74. The van der Waals surface area contributed by atoms with Gasteiger partial charge < -0.3 is 29.8 Å². The second-order valence-electron chi connectivity index (χ2n) is 15.9. The monoisotopic (exact) mass is 691 g/mol. The number of aliphatic hydroxyl groups is 1. The summed E-state index contributed by atoms with van der Waals surface area (Å²) in [5, 5.41) is 16.9. The van der Waals surface area contributed by atoms with Gasteiger partial charge in [-0.15, -0.1) is 0 Å². The molecule has 0 saturated carbocycles. The highest BCUT2D eigenvalue weighted by Crippen LogP contribution is 2.40. The zero-order chi connectivity index (χ0) is 35.4. The van der Waals surface area contributed by atoms with Crippen molar-refractivity contribution in [3.8, 4) is 22.9 Å². The molecule has 0 amide bonds. The maximum absolute atomic E-state index is 12.1. The van der Waals surface area contributed by atoms with Crippen LogP contribution in [-0.4, -0.2) is 77.4 Å². The molecule has 2 saturated heterocycles. The third-order valence-electron chi connectivity index (χ3n) is 11.3. The van der Waals surface area contributed by atoms with Crippen LogP contribution in [0.3, 0.4) is 0 Å². The molecule has 2 aliphatic heterocycles. The molecule has 2 aromatic heterocycles. The van der Waals surface area contributed by atoms with Crippen LogP contribution < -0.4 is 15.4 Å². The van der Waals surface area contributed by atoms with Gasteiger partial charge in [-0.2, -0.15) is 5.10 Å². The minimum Gasteiger partial charge on any atom is -0.433 e. The predicted octanol–water partition coefficient (Wildman–Crippen LogP) is 8.15. The van der Waals surface area contributed by atoms with Gasteiger partial charge in [-0.05, 0) is 101 Å². The first-order chi connectivity index (χ1) is 23.2. The van der Waals surface area contributed by atoms with Gasteiger partial charge in [0.05, 0.1) is 48.6 Å². The third-order valence-corrected chi connectivity index (χ3v) is 15.8. The fourth-order valence-electron chi connectivity index (χ4n) is 6.80. The van der Waals surface area contributed by atoms with Crippen LogP contribution in [0.2, 0.25) is 18.1 Å². The number of hydrogen-bond donors (Lipinski definition) is 2. The maximum Gasteiger partial charge on any atom is 0.263 e. The minimum atomic E-state index is -1.91. The molecule has 2 fully saturated rings. The molecule has 10 nitrogen and oxygen atoms in total. The van der Waals surface area contributed by atoms with Gasteiger partial charge in [0, 0.05) is 17.8 Å². The number of piperidine rings is 1. The van der Waals surface area contributed by atoms with Crippen molar-refractivity contribution >= 4 is 19.8 Å². The van der Waals surface area contributed by atoms with Gasteiger partial charge in [0.15, 0.2) is 19.9 Å². The molecule has 0 radical (unpaired) electrons. The Kier molecular flexibility index (Phi) is 11.8. The number of rotatable bonds is 14. The number of likely N-dealkylation sites (tertiary alicyclic amines) is 1. The van der Waals surface area contributed by atoms with Crippen molar-refractivity contribution in [1.29, 1.82) is 0 Å². The molecule has 270 valence electrons. The summed E-state index contributed by atoms with van der Waals surface area (Å²) in [5.74, 6) is 1.06. The van der Waals surface area contributed by atoms with Crippen LogP contribution in [0.1, 0.15) is 104 Å². The number of benzene rings is 1. The fraction of sp³-hybridized carbons (Fsp3) is 0.658. The molecule has 1 aromatic carbocycles. The van der Waals surface area contributed by atoms with E-state index in [-0.39, 0.29) is 22.8 Å². The van der Waals surface area contributed by atoms with Crippen LogP contribution >= 0.6 is 0 Å². The van der Waals surface area contributed by atoms with Crippen molar-refractivity contribution in [2.45, 2.75) is 128 Å². The molecule has 2 aliphatic rings. The van der Waals surface area contributed by atoms with Crippen molar-refractivity contribution in [2.24, 2.45) is 0 Å². The van der Waals surface area contributed by atoms with E-state index in [0.29, 0.717) is 36.9 Å². The molecule has 11 heteroatoms. The molecular formula is C38H61N7O3Si. The summed E-state index contributed by atoms with van der Waals surface area (Å²) in [6.45, 7) is 19.5. The number of nitrogen functional groups attached to an aromatic ring is 1. The second kappa shape index (κ2) is 15.5. The van der Waals surface area contributed by atoms with Crippen molar-refractivity contribution in [3.05, 3.63) is 42.4 Å². The molecule has 3 aromatic rings. The highest BCUT2D eigenvalue weighted by atomic mass is 28.4. The van der Waals surface area contributed by atoms with Gasteiger partial charge in [-0.25, -0.2) is 9.97 Å². The largest absolute Gasteiger partial charge is 0.433 e. The first kappa shape index (κ1) is 37.3. The summed E-state index contributed by atoms with van der Waals surface area (Å²) in [4.78, 5) is 14.2. The molecular weight excluding hydrogens is 631 g/mol. The van der Waals surface area contributed by atoms with Crippen LogP contribution in [0.25, 0.3) is 11.3 Å². The van der Waals surface area contributed by atoms with Gasteiger partial charge in [-0.1, -0.05) is 53.9 Å². The molecule has 2 atom stereocenters. The maximum atomic E-state index is 12.1. The molecule has 0 aliphatic carbocycles. The Balaban J connectivity index is 1.46. The summed E-state index contributed by atoms with van der Waals surface area (Å²) < 4.78 is 15.0. The van der Waals surface area contributed by atoms with E-state index in [4.69, 9.17) is 19.9 Å². The molecule has 4 heterocycles. The number of ether oxygens (including phenoxy) is 1. The first-order valence-corrected chi connectivity index (χ1v) is 21.5. The molecule has 3 N–H and O–H groups in total. The van der Waals surface area contributed by atoms with E-state index in [0.717, 1.165) is 81.4 Å². The SMILES string of the molecule is CCCCC[C@@](O)(CC)c1cc(-c2cnc(N)c(Oc3cnn(C4CCN(C)CC4)c3)n2)cc(N2CCCC2CO[Si](C)(C)C(C)(C)C)c1. The number of nitrogens with zero attached hydrogens (tertiary/aromatic N) is 6. The van der Waals surface area contributed by atoms with E-state index in [1.165, 1.54) is 0 Å². The Morgan fingerprint density at radius 3 is 2.47 bits per heavy atom. The molecule has 0 spiro atoms. The summed E-state index contributed by atoms with van der Waals surface area (Å²) in [7, 11) is 0.251. The molecule has 0 bridgehead atoms.